The van der Waals surface area contributed by atoms with Crippen molar-refractivity contribution in [3.8, 4) is 10.6 Å². The van der Waals surface area contributed by atoms with Crippen LogP contribution in [0.25, 0.3) is 10.6 Å². The van der Waals surface area contributed by atoms with Crippen molar-refractivity contribution >= 4 is 11.3 Å². The van der Waals surface area contributed by atoms with Crippen LogP contribution in [0.5, 0.6) is 0 Å². The molecule has 1 heterocycles. The van der Waals surface area contributed by atoms with Crippen LogP contribution >= 0.6 is 11.3 Å². The normalized spacial score (nSPS) is 11.2. The Morgan fingerprint density at radius 1 is 1.11 bits per heavy atom. The molecule has 2 aromatic rings. The van der Waals surface area contributed by atoms with Gasteiger partial charge in [-0.2, -0.15) is 0 Å². The van der Waals surface area contributed by atoms with Gasteiger partial charge in [0.2, 0.25) is 6.29 Å². The zero-order valence-electron chi connectivity index (χ0n) is 9.81. The van der Waals surface area contributed by atoms with Crippen LogP contribution in [0.15, 0.2) is 23.6 Å². The van der Waals surface area contributed by atoms with Crippen molar-refractivity contribution in [3.63, 3.8) is 0 Å². The lowest BCUT2D eigenvalue weighted by Gasteiger charge is -2.09. The topological polar surface area (TPSA) is 31.4 Å². The summed E-state index contributed by atoms with van der Waals surface area (Å²) in [4.78, 5) is 4.24. The first kappa shape index (κ1) is 13.1. The van der Waals surface area contributed by atoms with E-state index in [0.717, 1.165) is 6.07 Å². The third-order valence-electron chi connectivity index (χ3n) is 2.30. The lowest BCUT2D eigenvalue weighted by molar-refractivity contribution is -0.108. The molecular formula is C12H11F2NO2S. The second kappa shape index (κ2) is 5.51. The molecule has 0 saturated carbocycles. The van der Waals surface area contributed by atoms with E-state index in [1.165, 1.54) is 37.7 Å². The quantitative estimate of drug-likeness (QED) is 0.799. The molecule has 0 aliphatic heterocycles. The summed E-state index contributed by atoms with van der Waals surface area (Å²) in [6.07, 6.45) is -0.576. The SMILES string of the molecule is COC(OC)c1csc(-c2cc(F)cc(F)c2)n1. The first-order chi connectivity index (χ1) is 8.63. The summed E-state index contributed by atoms with van der Waals surface area (Å²) in [6.45, 7) is 0. The van der Waals surface area contributed by atoms with Crippen LogP contribution in [-0.4, -0.2) is 19.2 Å². The Balaban J connectivity index is 2.34. The summed E-state index contributed by atoms with van der Waals surface area (Å²) in [5.74, 6) is -1.26. The highest BCUT2D eigenvalue weighted by atomic mass is 32.1. The van der Waals surface area contributed by atoms with Crippen LogP contribution in [0.1, 0.15) is 12.0 Å². The smallest absolute Gasteiger partial charge is 0.201 e. The lowest BCUT2D eigenvalue weighted by Crippen LogP contribution is -2.03. The Morgan fingerprint density at radius 3 is 2.28 bits per heavy atom. The van der Waals surface area contributed by atoms with E-state index in [-0.39, 0.29) is 0 Å². The van der Waals surface area contributed by atoms with Gasteiger partial charge in [0, 0.05) is 31.2 Å². The zero-order valence-corrected chi connectivity index (χ0v) is 10.6. The maximum Gasteiger partial charge on any atom is 0.201 e. The van der Waals surface area contributed by atoms with E-state index in [9.17, 15) is 8.78 Å². The fraction of sp³-hybridized carbons (Fsp3) is 0.250. The molecule has 1 aromatic carbocycles. The van der Waals surface area contributed by atoms with Crippen molar-refractivity contribution in [1.29, 1.82) is 0 Å². The first-order valence-corrected chi connectivity index (χ1v) is 5.99. The van der Waals surface area contributed by atoms with Gasteiger partial charge in [0.05, 0.1) is 0 Å². The number of thiazole rings is 1. The largest absolute Gasteiger partial charge is 0.350 e. The van der Waals surface area contributed by atoms with Gasteiger partial charge in [-0.1, -0.05) is 0 Å². The van der Waals surface area contributed by atoms with E-state index in [4.69, 9.17) is 9.47 Å². The number of halogens is 2. The molecule has 0 bridgehead atoms. The number of benzene rings is 1. The predicted molar refractivity (Wildman–Crippen MR) is 64.2 cm³/mol. The van der Waals surface area contributed by atoms with E-state index in [1.807, 2.05) is 0 Å². The molecule has 0 unspecified atom stereocenters. The average Bonchev–Trinajstić information content (AvgIpc) is 2.79. The minimum Gasteiger partial charge on any atom is -0.350 e. The minimum atomic E-state index is -0.628. The van der Waals surface area contributed by atoms with Crippen LogP contribution in [0.4, 0.5) is 8.78 Å². The number of nitrogens with zero attached hydrogens (tertiary/aromatic N) is 1. The molecule has 0 spiro atoms. The standard InChI is InChI=1S/C12H11F2NO2S/c1-16-12(17-2)10-6-18-11(15-10)7-3-8(13)5-9(14)4-7/h3-6,12H,1-2H3. The molecule has 96 valence electrons. The number of rotatable bonds is 4. The van der Waals surface area contributed by atoms with Crippen molar-refractivity contribution < 1.29 is 18.3 Å². The molecule has 2 rings (SSSR count). The summed E-state index contributed by atoms with van der Waals surface area (Å²) >= 11 is 1.27. The lowest BCUT2D eigenvalue weighted by atomic mass is 10.2. The fourth-order valence-corrected chi connectivity index (χ4v) is 2.35. The third-order valence-corrected chi connectivity index (χ3v) is 3.21. The molecule has 0 amide bonds. The molecule has 0 N–H and O–H groups in total. The summed E-state index contributed by atoms with van der Waals surface area (Å²) < 4.78 is 36.3. The van der Waals surface area contributed by atoms with Crippen molar-refractivity contribution in [2.45, 2.75) is 6.29 Å². The van der Waals surface area contributed by atoms with E-state index in [2.05, 4.69) is 4.98 Å². The highest BCUT2D eigenvalue weighted by Crippen LogP contribution is 2.28. The molecule has 1 aromatic heterocycles. The maximum atomic E-state index is 13.1. The van der Waals surface area contributed by atoms with Gasteiger partial charge in [-0.3, -0.25) is 0 Å². The predicted octanol–water partition coefficient (Wildman–Crippen LogP) is 3.38. The van der Waals surface area contributed by atoms with Gasteiger partial charge in [0.15, 0.2) is 0 Å². The number of methoxy groups -OCH3 is 2. The number of hydrogen-bond donors (Lipinski definition) is 0. The number of ether oxygens (including phenoxy) is 2. The van der Waals surface area contributed by atoms with Gasteiger partial charge >= 0.3 is 0 Å². The third kappa shape index (κ3) is 2.72. The van der Waals surface area contributed by atoms with Gasteiger partial charge < -0.3 is 9.47 Å². The summed E-state index contributed by atoms with van der Waals surface area (Å²) in [6, 6.07) is 3.30. The van der Waals surface area contributed by atoms with Crippen molar-refractivity contribution in [3.05, 3.63) is 40.9 Å². The second-order valence-electron chi connectivity index (χ2n) is 3.54. The fourth-order valence-electron chi connectivity index (χ4n) is 1.54. The van der Waals surface area contributed by atoms with Gasteiger partial charge in [-0.15, -0.1) is 11.3 Å². The highest BCUT2D eigenvalue weighted by molar-refractivity contribution is 7.13. The van der Waals surface area contributed by atoms with Crippen LogP contribution in [-0.2, 0) is 9.47 Å². The number of aromatic nitrogens is 1. The highest BCUT2D eigenvalue weighted by Gasteiger charge is 2.14. The van der Waals surface area contributed by atoms with Gasteiger partial charge in [0.25, 0.3) is 0 Å². The molecule has 3 nitrogen and oxygen atoms in total. The van der Waals surface area contributed by atoms with Crippen LogP contribution in [0.2, 0.25) is 0 Å². The van der Waals surface area contributed by atoms with E-state index < -0.39 is 17.9 Å². The molecule has 6 heteroatoms. The molecule has 0 fully saturated rings. The maximum absolute atomic E-state index is 13.1. The molecule has 0 radical (unpaired) electrons. The van der Waals surface area contributed by atoms with Gasteiger partial charge in [-0.05, 0) is 12.1 Å². The molecule has 0 atom stereocenters. The summed E-state index contributed by atoms with van der Waals surface area (Å²) in [5.41, 5.74) is 0.972. The Hall–Kier alpha value is -1.37. The Kier molecular flexibility index (Phi) is 4.00. The Bertz CT molecular complexity index is 520. The Morgan fingerprint density at radius 2 is 1.72 bits per heavy atom. The summed E-state index contributed by atoms with van der Waals surface area (Å²) in [5, 5.41) is 2.25. The molecule has 18 heavy (non-hydrogen) atoms. The Labute approximate surface area is 107 Å². The van der Waals surface area contributed by atoms with E-state index in [0.29, 0.717) is 16.3 Å². The molecule has 0 saturated heterocycles. The van der Waals surface area contributed by atoms with Crippen molar-refractivity contribution in [2.24, 2.45) is 0 Å². The van der Waals surface area contributed by atoms with Crippen LogP contribution in [0, 0.1) is 11.6 Å². The van der Waals surface area contributed by atoms with Crippen LogP contribution in [0.3, 0.4) is 0 Å². The summed E-state index contributed by atoms with van der Waals surface area (Å²) in [7, 11) is 2.99. The van der Waals surface area contributed by atoms with Crippen molar-refractivity contribution in [1.82, 2.24) is 4.98 Å². The molecule has 0 aliphatic rings. The zero-order chi connectivity index (χ0) is 13.1. The second-order valence-corrected chi connectivity index (χ2v) is 4.40. The molecular weight excluding hydrogens is 260 g/mol. The van der Waals surface area contributed by atoms with Gasteiger partial charge in [0.1, 0.15) is 22.3 Å². The van der Waals surface area contributed by atoms with Gasteiger partial charge in [-0.25, -0.2) is 13.8 Å². The van der Waals surface area contributed by atoms with E-state index in [1.54, 1.807) is 5.38 Å². The monoisotopic (exact) mass is 271 g/mol. The molecule has 0 aliphatic carbocycles. The average molecular weight is 271 g/mol. The minimum absolute atomic E-state index is 0.398. The van der Waals surface area contributed by atoms with E-state index >= 15 is 0 Å². The first-order valence-electron chi connectivity index (χ1n) is 5.11. The van der Waals surface area contributed by atoms with Crippen LogP contribution < -0.4 is 0 Å². The number of hydrogen-bond acceptors (Lipinski definition) is 4. The van der Waals surface area contributed by atoms with Crippen molar-refractivity contribution in [2.75, 3.05) is 14.2 Å².